The minimum Gasteiger partial charge on any atom is -0.364 e. The van der Waals surface area contributed by atoms with Crippen LogP contribution in [0.1, 0.15) is 33.7 Å². The van der Waals surface area contributed by atoms with Gasteiger partial charge in [0.2, 0.25) is 0 Å². The molecule has 9 heteroatoms. The molecule has 2 amide bonds. The van der Waals surface area contributed by atoms with E-state index in [1.165, 1.54) is 12.5 Å². The summed E-state index contributed by atoms with van der Waals surface area (Å²) in [5, 5.41) is 3.14. The molecule has 2 aromatic heterocycles. The SMILES string of the molecule is CS(=O)c1nc(C(N)=O)cn2c(-c3ccc(C(=O)NC4CC4)cc3)cnc12. The van der Waals surface area contributed by atoms with Gasteiger partial charge >= 0.3 is 0 Å². The fourth-order valence-electron chi connectivity index (χ4n) is 2.77. The first-order chi connectivity index (χ1) is 12.9. The molecule has 8 nitrogen and oxygen atoms in total. The molecular weight excluding hydrogens is 366 g/mol. The number of benzene rings is 1. The van der Waals surface area contributed by atoms with Crippen LogP contribution in [0.4, 0.5) is 0 Å². The third kappa shape index (κ3) is 3.33. The van der Waals surface area contributed by atoms with Crippen molar-refractivity contribution in [3.8, 4) is 11.3 Å². The topological polar surface area (TPSA) is 119 Å². The molecule has 27 heavy (non-hydrogen) atoms. The molecular formula is C18H17N5O3S. The predicted molar refractivity (Wildman–Crippen MR) is 99.8 cm³/mol. The molecule has 0 bridgehead atoms. The summed E-state index contributed by atoms with van der Waals surface area (Å²) in [5.74, 6) is -0.804. The second kappa shape index (κ2) is 6.58. The Morgan fingerprint density at radius 3 is 2.56 bits per heavy atom. The molecule has 1 saturated carbocycles. The third-order valence-electron chi connectivity index (χ3n) is 4.34. The Balaban J connectivity index is 1.76. The number of carbonyl (C=O) groups excluding carboxylic acids is 2. The predicted octanol–water partition coefficient (Wildman–Crippen LogP) is 1.12. The van der Waals surface area contributed by atoms with E-state index in [0.717, 1.165) is 18.4 Å². The van der Waals surface area contributed by atoms with E-state index in [-0.39, 0.29) is 16.6 Å². The molecule has 2 heterocycles. The average molecular weight is 383 g/mol. The monoisotopic (exact) mass is 383 g/mol. The van der Waals surface area contributed by atoms with Gasteiger partial charge in [0.1, 0.15) is 5.69 Å². The van der Waals surface area contributed by atoms with Crippen molar-refractivity contribution in [2.45, 2.75) is 23.9 Å². The molecule has 0 radical (unpaired) electrons. The molecule has 4 rings (SSSR count). The van der Waals surface area contributed by atoms with Gasteiger partial charge in [-0.15, -0.1) is 0 Å². The highest BCUT2D eigenvalue weighted by Gasteiger charge is 2.24. The number of amides is 2. The number of imidazole rings is 1. The Hall–Kier alpha value is -3.07. The first-order valence-corrected chi connectivity index (χ1v) is 9.92. The van der Waals surface area contributed by atoms with E-state index < -0.39 is 16.7 Å². The third-order valence-corrected chi connectivity index (χ3v) is 5.16. The number of hydrogen-bond acceptors (Lipinski definition) is 5. The standard InChI is InChI=1S/C18H17N5O3S/c1-27(26)18-16-20-8-14(23(16)9-13(22-18)15(19)24)10-2-4-11(5-3-10)17(25)21-12-6-7-12/h2-5,8-9,12H,6-7H2,1H3,(H2,19,24)(H,21,25). The lowest BCUT2D eigenvalue weighted by molar-refractivity contribution is 0.0949. The highest BCUT2D eigenvalue weighted by Crippen LogP contribution is 2.24. The zero-order chi connectivity index (χ0) is 19.1. The van der Waals surface area contributed by atoms with Crippen molar-refractivity contribution < 1.29 is 13.8 Å². The van der Waals surface area contributed by atoms with Gasteiger partial charge in [-0.05, 0) is 25.0 Å². The fourth-order valence-corrected chi connectivity index (χ4v) is 3.41. The summed E-state index contributed by atoms with van der Waals surface area (Å²) in [4.78, 5) is 32.1. The molecule has 3 N–H and O–H groups in total. The van der Waals surface area contributed by atoms with Crippen LogP contribution in [0.15, 0.2) is 41.7 Å². The Morgan fingerprint density at radius 1 is 1.26 bits per heavy atom. The smallest absolute Gasteiger partial charge is 0.268 e. The van der Waals surface area contributed by atoms with Crippen LogP contribution >= 0.6 is 0 Å². The van der Waals surface area contributed by atoms with Crippen LogP contribution in [0.25, 0.3) is 16.9 Å². The highest BCUT2D eigenvalue weighted by molar-refractivity contribution is 7.84. The number of nitrogens with two attached hydrogens (primary N) is 1. The maximum atomic E-state index is 12.1. The lowest BCUT2D eigenvalue weighted by Crippen LogP contribution is -2.25. The number of fused-ring (bicyclic) bond motifs is 1. The average Bonchev–Trinajstić information content (AvgIpc) is 3.36. The van der Waals surface area contributed by atoms with Crippen molar-refractivity contribution in [3.63, 3.8) is 0 Å². The van der Waals surface area contributed by atoms with Crippen molar-refractivity contribution in [2.75, 3.05) is 6.26 Å². The zero-order valence-electron chi connectivity index (χ0n) is 14.5. The van der Waals surface area contributed by atoms with Gasteiger partial charge in [-0.1, -0.05) is 12.1 Å². The molecule has 138 valence electrons. The minimum atomic E-state index is -1.44. The van der Waals surface area contributed by atoms with Crippen molar-refractivity contribution in [1.82, 2.24) is 19.7 Å². The molecule has 1 aliphatic carbocycles. The van der Waals surface area contributed by atoms with E-state index in [9.17, 15) is 13.8 Å². The summed E-state index contributed by atoms with van der Waals surface area (Å²) in [6.45, 7) is 0. The Morgan fingerprint density at radius 2 is 1.96 bits per heavy atom. The van der Waals surface area contributed by atoms with Gasteiger partial charge < -0.3 is 11.1 Å². The second-order valence-corrected chi connectivity index (χ2v) is 7.71. The summed E-state index contributed by atoms with van der Waals surface area (Å²) in [5.41, 5.74) is 7.80. The molecule has 1 unspecified atom stereocenters. The normalized spacial score (nSPS) is 14.9. The molecule has 0 aliphatic heterocycles. The summed E-state index contributed by atoms with van der Waals surface area (Å²) < 4.78 is 13.6. The van der Waals surface area contributed by atoms with E-state index in [1.807, 2.05) is 0 Å². The summed E-state index contributed by atoms with van der Waals surface area (Å²) in [6, 6.07) is 7.38. The molecule has 1 aliphatic rings. The fraction of sp³-hybridized carbons (Fsp3) is 0.222. The number of aromatic nitrogens is 3. The molecule has 1 atom stereocenters. The van der Waals surface area contributed by atoms with E-state index in [4.69, 9.17) is 5.73 Å². The number of rotatable bonds is 5. The summed E-state index contributed by atoms with van der Waals surface area (Å²) in [7, 11) is -1.44. The second-order valence-electron chi connectivity index (χ2n) is 6.41. The van der Waals surface area contributed by atoms with Gasteiger partial charge in [-0.3, -0.25) is 18.2 Å². The molecule has 0 saturated heterocycles. The molecule has 0 spiro atoms. The zero-order valence-corrected chi connectivity index (χ0v) is 15.3. The van der Waals surface area contributed by atoms with Crippen molar-refractivity contribution in [1.29, 1.82) is 0 Å². The van der Waals surface area contributed by atoms with E-state index in [2.05, 4.69) is 15.3 Å². The van der Waals surface area contributed by atoms with Crippen LogP contribution < -0.4 is 11.1 Å². The molecule has 1 fully saturated rings. The van der Waals surface area contributed by atoms with Crippen LogP contribution in [0.5, 0.6) is 0 Å². The van der Waals surface area contributed by atoms with E-state index in [1.54, 1.807) is 34.9 Å². The first-order valence-electron chi connectivity index (χ1n) is 8.36. The van der Waals surface area contributed by atoms with Crippen molar-refractivity contribution in [2.24, 2.45) is 5.73 Å². The maximum absolute atomic E-state index is 12.1. The van der Waals surface area contributed by atoms with Crippen LogP contribution in [0.2, 0.25) is 0 Å². The highest BCUT2D eigenvalue weighted by atomic mass is 32.2. The lowest BCUT2D eigenvalue weighted by atomic mass is 10.1. The van der Waals surface area contributed by atoms with Gasteiger partial charge in [0, 0.05) is 29.6 Å². The van der Waals surface area contributed by atoms with Crippen LogP contribution in [0.3, 0.4) is 0 Å². The van der Waals surface area contributed by atoms with Crippen LogP contribution in [-0.2, 0) is 10.8 Å². The summed E-state index contributed by atoms with van der Waals surface area (Å²) >= 11 is 0. The Labute approximate surface area is 157 Å². The van der Waals surface area contributed by atoms with E-state index >= 15 is 0 Å². The Kier molecular flexibility index (Phi) is 4.23. The molecule has 1 aromatic carbocycles. The largest absolute Gasteiger partial charge is 0.364 e. The van der Waals surface area contributed by atoms with Crippen LogP contribution in [-0.4, -0.2) is 42.7 Å². The quantitative estimate of drug-likeness (QED) is 0.684. The van der Waals surface area contributed by atoms with Gasteiger partial charge in [0.15, 0.2) is 10.7 Å². The van der Waals surface area contributed by atoms with Crippen LogP contribution in [0, 0.1) is 0 Å². The van der Waals surface area contributed by atoms with E-state index in [0.29, 0.717) is 22.9 Å². The lowest BCUT2D eigenvalue weighted by Gasteiger charge is -2.07. The maximum Gasteiger partial charge on any atom is 0.268 e. The van der Waals surface area contributed by atoms with Crippen molar-refractivity contribution >= 4 is 28.3 Å². The number of hydrogen-bond donors (Lipinski definition) is 2. The van der Waals surface area contributed by atoms with Gasteiger partial charge in [-0.25, -0.2) is 9.97 Å². The number of primary amides is 1. The molecule has 3 aromatic rings. The summed E-state index contributed by atoms with van der Waals surface area (Å²) in [6.07, 6.45) is 6.61. The van der Waals surface area contributed by atoms with Gasteiger partial charge in [0.05, 0.1) is 22.7 Å². The number of carbonyl (C=O) groups is 2. The first kappa shape index (κ1) is 17.3. The Bertz CT molecular complexity index is 1090. The number of nitrogens with zero attached hydrogens (tertiary/aromatic N) is 3. The van der Waals surface area contributed by atoms with Gasteiger partial charge in [-0.2, -0.15) is 0 Å². The number of nitrogens with one attached hydrogen (secondary N) is 1. The van der Waals surface area contributed by atoms with Crippen molar-refractivity contribution in [3.05, 3.63) is 47.9 Å². The minimum absolute atomic E-state index is 0.00683. The van der Waals surface area contributed by atoms with Gasteiger partial charge in [0.25, 0.3) is 11.8 Å².